The molecule has 1 aromatic heterocycles. The van der Waals surface area contributed by atoms with Crippen molar-refractivity contribution in [2.45, 2.75) is 32.7 Å². The summed E-state index contributed by atoms with van der Waals surface area (Å²) in [5, 5.41) is 0. The van der Waals surface area contributed by atoms with Gasteiger partial charge in [-0.1, -0.05) is 6.07 Å². The maximum Gasteiger partial charge on any atom is 0.120 e. The molecule has 0 radical (unpaired) electrons. The van der Waals surface area contributed by atoms with Crippen molar-refractivity contribution in [1.82, 2.24) is 10.4 Å². The zero-order valence-corrected chi connectivity index (χ0v) is 10.4. The molecular formula is C13H19N3O. The Morgan fingerprint density at radius 2 is 2.29 bits per heavy atom. The number of allylic oxidation sites excluding steroid dienone is 1. The molecule has 2 rings (SSSR count). The molecule has 3 N–H and O–H groups in total. The van der Waals surface area contributed by atoms with Gasteiger partial charge < -0.3 is 4.74 Å². The number of pyridine rings is 1. The minimum absolute atomic E-state index is 0.143. The van der Waals surface area contributed by atoms with Gasteiger partial charge >= 0.3 is 0 Å². The molecule has 0 aromatic carbocycles. The molecule has 92 valence electrons. The minimum atomic E-state index is -0.143. The number of ether oxygens (including phenoxy) is 1. The molecule has 0 saturated carbocycles. The van der Waals surface area contributed by atoms with E-state index in [0.717, 1.165) is 42.0 Å². The summed E-state index contributed by atoms with van der Waals surface area (Å²) in [5.74, 6) is 6.52. The van der Waals surface area contributed by atoms with Gasteiger partial charge in [0.1, 0.15) is 11.8 Å². The van der Waals surface area contributed by atoms with Crippen molar-refractivity contribution < 1.29 is 4.74 Å². The van der Waals surface area contributed by atoms with Crippen molar-refractivity contribution in [1.29, 1.82) is 0 Å². The highest BCUT2D eigenvalue weighted by Gasteiger charge is 2.21. The van der Waals surface area contributed by atoms with Gasteiger partial charge in [0.15, 0.2) is 0 Å². The van der Waals surface area contributed by atoms with Crippen molar-refractivity contribution in [2.75, 3.05) is 6.61 Å². The molecule has 17 heavy (non-hydrogen) atoms. The standard InChI is InChI=1S/C13H19N3O/c1-9-7-10(2)12(15-8-9)13(16-14)11-5-3-4-6-17-11/h5,7-8,13,16H,3-4,6,14H2,1-2H3. The van der Waals surface area contributed by atoms with Crippen molar-refractivity contribution in [3.63, 3.8) is 0 Å². The van der Waals surface area contributed by atoms with Crippen LogP contribution in [0, 0.1) is 13.8 Å². The second-order valence-corrected chi connectivity index (χ2v) is 4.41. The molecule has 4 nitrogen and oxygen atoms in total. The normalized spacial score (nSPS) is 17.2. The van der Waals surface area contributed by atoms with Gasteiger partial charge in [-0.3, -0.25) is 10.8 Å². The topological polar surface area (TPSA) is 60.2 Å². The first kappa shape index (κ1) is 12.1. The fraction of sp³-hybridized carbons (Fsp3) is 0.462. The van der Waals surface area contributed by atoms with Crippen LogP contribution >= 0.6 is 0 Å². The van der Waals surface area contributed by atoms with Gasteiger partial charge in [-0.05, 0) is 43.9 Å². The maximum absolute atomic E-state index is 5.65. The largest absolute Gasteiger partial charge is 0.496 e. The summed E-state index contributed by atoms with van der Waals surface area (Å²) in [7, 11) is 0. The zero-order valence-electron chi connectivity index (χ0n) is 10.4. The van der Waals surface area contributed by atoms with Gasteiger partial charge in [-0.2, -0.15) is 0 Å². The fourth-order valence-electron chi connectivity index (χ4n) is 2.10. The third kappa shape index (κ3) is 2.65. The molecule has 1 aliphatic heterocycles. The Morgan fingerprint density at radius 1 is 1.47 bits per heavy atom. The lowest BCUT2D eigenvalue weighted by Gasteiger charge is -2.24. The van der Waals surface area contributed by atoms with E-state index in [4.69, 9.17) is 10.6 Å². The maximum atomic E-state index is 5.65. The average Bonchev–Trinajstić information content (AvgIpc) is 2.34. The minimum Gasteiger partial charge on any atom is -0.496 e. The first-order chi connectivity index (χ1) is 8.22. The number of nitrogens with two attached hydrogens (primary N) is 1. The number of nitrogens with zero attached hydrogens (tertiary/aromatic N) is 1. The van der Waals surface area contributed by atoms with Crippen LogP contribution < -0.4 is 11.3 Å². The van der Waals surface area contributed by atoms with Crippen molar-refractivity contribution in [3.05, 3.63) is 40.9 Å². The number of aromatic nitrogens is 1. The van der Waals surface area contributed by atoms with E-state index < -0.39 is 0 Å². The van der Waals surface area contributed by atoms with Crippen molar-refractivity contribution >= 4 is 0 Å². The SMILES string of the molecule is Cc1cnc(C(NN)C2=CCCCO2)c(C)c1. The Labute approximate surface area is 102 Å². The number of nitrogens with one attached hydrogen (secondary N) is 1. The van der Waals surface area contributed by atoms with Crippen LogP contribution in [0.15, 0.2) is 24.1 Å². The molecule has 0 saturated heterocycles. The van der Waals surface area contributed by atoms with Gasteiger partial charge in [0.05, 0.1) is 12.3 Å². The second-order valence-electron chi connectivity index (χ2n) is 4.41. The van der Waals surface area contributed by atoms with Gasteiger partial charge in [0, 0.05) is 6.20 Å². The third-order valence-corrected chi connectivity index (χ3v) is 2.94. The first-order valence-corrected chi connectivity index (χ1v) is 5.94. The molecule has 1 aliphatic rings. The Kier molecular flexibility index (Phi) is 3.76. The predicted molar refractivity (Wildman–Crippen MR) is 67.0 cm³/mol. The van der Waals surface area contributed by atoms with Crippen LogP contribution in [0.5, 0.6) is 0 Å². The average molecular weight is 233 g/mol. The molecule has 0 aliphatic carbocycles. The Morgan fingerprint density at radius 3 is 2.88 bits per heavy atom. The van der Waals surface area contributed by atoms with Crippen molar-refractivity contribution in [2.24, 2.45) is 5.84 Å². The summed E-state index contributed by atoms with van der Waals surface area (Å²) in [6.45, 7) is 4.84. The predicted octanol–water partition coefficient (Wildman–Crippen LogP) is 1.90. The third-order valence-electron chi connectivity index (χ3n) is 2.94. The molecule has 0 amide bonds. The van der Waals surface area contributed by atoms with Crippen LogP contribution in [0.25, 0.3) is 0 Å². The second kappa shape index (κ2) is 5.29. The van der Waals surface area contributed by atoms with Crippen LogP contribution in [0.1, 0.15) is 35.7 Å². The van der Waals surface area contributed by atoms with E-state index in [-0.39, 0.29) is 6.04 Å². The smallest absolute Gasteiger partial charge is 0.120 e. The van der Waals surface area contributed by atoms with Gasteiger partial charge in [0.25, 0.3) is 0 Å². The highest BCUT2D eigenvalue weighted by molar-refractivity contribution is 5.30. The molecule has 0 spiro atoms. The van der Waals surface area contributed by atoms with Crippen LogP contribution in [-0.2, 0) is 4.74 Å². The molecule has 1 atom stereocenters. The zero-order chi connectivity index (χ0) is 12.3. The van der Waals surface area contributed by atoms with Gasteiger partial charge in [0.2, 0.25) is 0 Å². The highest BCUT2D eigenvalue weighted by Crippen LogP contribution is 2.26. The summed E-state index contributed by atoms with van der Waals surface area (Å²) in [6.07, 6.45) is 6.06. The first-order valence-electron chi connectivity index (χ1n) is 5.94. The van der Waals surface area contributed by atoms with Gasteiger partial charge in [-0.25, -0.2) is 5.43 Å². The van der Waals surface area contributed by atoms with Crippen LogP contribution in [0.2, 0.25) is 0 Å². The number of hydrogen-bond acceptors (Lipinski definition) is 4. The molecule has 4 heteroatoms. The van der Waals surface area contributed by atoms with Crippen LogP contribution in [-0.4, -0.2) is 11.6 Å². The molecule has 1 aromatic rings. The van der Waals surface area contributed by atoms with Gasteiger partial charge in [-0.15, -0.1) is 0 Å². The monoisotopic (exact) mass is 233 g/mol. The summed E-state index contributed by atoms with van der Waals surface area (Å²) in [5.41, 5.74) is 6.01. The lowest BCUT2D eigenvalue weighted by Crippen LogP contribution is -2.32. The lowest BCUT2D eigenvalue weighted by molar-refractivity contribution is 0.167. The van der Waals surface area contributed by atoms with Crippen LogP contribution in [0.3, 0.4) is 0 Å². The van der Waals surface area contributed by atoms with E-state index in [9.17, 15) is 0 Å². The molecular weight excluding hydrogens is 214 g/mol. The van der Waals surface area contributed by atoms with E-state index in [1.54, 1.807) is 0 Å². The Hall–Kier alpha value is -1.39. The summed E-state index contributed by atoms with van der Waals surface area (Å²) >= 11 is 0. The van der Waals surface area contributed by atoms with E-state index in [2.05, 4.69) is 22.6 Å². The number of rotatable bonds is 3. The summed E-state index contributed by atoms with van der Waals surface area (Å²) in [6, 6.07) is 1.96. The van der Waals surface area contributed by atoms with Crippen molar-refractivity contribution in [3.8, 4) is 0 Å². The molecule has 0 bridgehead atoms. The number of hydrogen-bond donors (Lipinski definition) is 2. The Balaban J connectivity index is 2.31. The molecule has 0 fully saturated rings. The van der Waals surface area contributed by atoms with Crippen LogP contribution in [0.4, 0.5) is 0 Å². The molecule has 1 unspecified atom stereocenters. The van der Waals surface area contributed by atoms with E-state index in [0.29, 0.717) is 0 Å². The highest BCUT2D eigenvalue weighted by atomic mass is 16.5. The summed E-state index contributed by atoms with van der Waals surface area (Å²) in [4.78, 5) is 4.46. The quantitative estimate of drug-likeness (QED) is 0.618. The fourth-order valence-corrected chi connectivity index (χ4v) is 2.10. The van der Waals surface area contributed by atoms with E-state index >= 15 is 0 Å². The van der Waals surface area contributed by atoms with E-state index in [1.165, 1.54) is 0 Å². The number of aryl methyl sites for hydroxylation is 2. The number of hydrazine groups is 1. The lowest BCUT2D eigenvalue weighted by atomic mass is 10.0. The van der Waals surface area contributed by atoms with E-state index in [1.807, 2.05) is 20.0 Å². The summed E-state index contributed by atoms with van der Waals surface area (Å²) < 4.78 is 5.65. The Bertz CT molecular complexity index is 429. The molecule has 2 heterocycles.